The molecule has 1 heterocycles. The van der Waals surface area contributed by atoms with Crippen molar-refractivity contribution in [2.45, 2.75) is 18.9 Å². The van der Waals surface area contributed by atoms with E-state index >= 15 is 0 Å². The molecule has 1 aliphatic rings. The average Bonchev–Trinajstić information content (AvgIpc) is 2.31. The molecule has 7 heteroatoms. The number of hydrogen-bond donors (Lipinski definition) is 2. The van der Waals surface area contributed by atoms with Crippen molar-refractivity contribution in [2.75, 3.05) is 16.8 Å². The van der Waals surface area contributed by atoms with Gasteiger partial charge >= 0.3 is 5.97 Å². The van der Waals surface area contributed by atoms with Gasteiger partial charge in [0, 0.05) is 6.04 Å². The van der Waals surface area contributed by atoms with E-state index in [1.807, 2.05) is 0 Å². The van der Waals surface area contributed by atoms with Crippen LogP contribution in [-0.4, -0.2) is 37.0 Å². The average molecular weight is 287 g/mol. The van der Waals surface area contributed by atoms with Crippen LogP contribution in [-0.2, 0) is 9.84 Å². The number of carboxylic acid groups (broad SMARTS) is 1. The molecule has 19 heavy (non-hydrogen) atoms. The maximum atomic E-state index is 13.5. The predicted octanol–water partition coefficient (Wildman–Crippen LogP) is 1.51. The van der Waals surface area contributed by atoms with E-state index < -0.39 is 27.2 Å². The number of carbonyl (C=O) groups is 1. The number of sulfone groups is 1. The lowest BCUT2D eigenvalue weighted by Crippen LogP contribution is -2.32. The van der Waals surface area contributed by atoms with Gasteiger partial charge < -0.3 is 10.4 Å². The Hall–Kier alpha value is -1.63. The Kier molecular flexibility index (Phi) is 3.75. The minimum absolute atomic E-state index is 0.0718. The van der Waals surface area contributed by atoms with Gasteiger partial charge in [-0.2, -0.15) is 0 Å². The Morgan fingerprint density at radius 1 is 1.32 bits per heavy atom. The van der Waals surface area contributed by atoms with E-state index in [1.165, 1.54) is 12.1 Å². The number of aromatic carboxylic acids is 1. The normalized spacial score (nSPS) is 19.0. The minimum atomic E-state index is -2.97. The Bertz CT molecular complexity index is 586. The van der Waals surface area contributed by atoms with Gasteiger partial charge in [0.25, 0.3) is 0 Å². The first kappa shape index (κ1) is 13.8. The van der Waals surface area contributed by atoms with E-state index in [1.54, 1.807) is 0 Å². The molecular formula is C12H14FNO4S. The molecule has 1 fully saturated rings. The molecule has 0 bridgehead atoms. The molecule has 0 aromatic heterocycles. The molecule has 0 radical (unpaired) electrons. The lowest BCUT2D eigenvalue weighted by Gasteiger charge is -2.24. The highest BCUT2D eigenvalue weighted by Gasteiger charge is 2.25. The highest BCUT2D eigenvalue weighted by Crippen LogP contribution is 2.23. The molecule has 5 nitrogen and oxygen atoms in total. The summed E-state index contributed by atoms with van der Waals surface area (Å²) in [6, 6.07) is 3.84. The van der Waals surface area contributed by atoms with Crippen molar-refractivity contribution < 1.29 is 22.7 Å². The van der Waals surface area contributed by atoms with Gasteiger partial charge in [-0.3, -0.25) is 0 Å². The van der Waals surface area contributed by atoms with Crippen molar-refractivity contribution in [3.8, 4) is 0 Å². The smallest absolute Gasteiger partial charge is 0.340 e. The molecule has 0 amide bonds. The van der Waals surface area contributed by atoms with Crippen molar-refractivity contribution in [1.82, 2.24) is 0 Å². The second-order valence-electron chi connectivity index (χ2n) is 4.54. The van der Waals surface area contributed by atoms with E-state index in [4.69, 9.17) is 5.11 Å². The van der Waals surface area contributed by atoms with E-state index in [2.05, 4.69) is 5.32 Å². The van der Waals surface area contributed by atoms with Crippen LogP contribution in [0.25, 0.3) is 0 Å². The van der Waals surface area contributed by atoms with Crippen LogP contribution in [0.2, 0.25) is 0 Å². The van der Waals surface area contributed by atoms with E-state index in [9.17, 15) is 17.6 Å². The number of carboxylic acids is 1. The Balaban J connectivity index is 2.16. The second kappa shape index (κ2) is 5.16. The van der Waals surface area contributed by atoms with Crippen LogP contribution >= 0.6 is 0 Å². The number of benzene rings is 1. The van der Waals surface area contributed by atoms with Crippen molar-refractivity contribution in [3.05, 3.63) is 29.6 Å². The SMILES string of the molecule is O=C(O)c1c(F)cccc1NC1CCS(=O)(=O)CC1. The molecule has 1 aliphatic heterocycles. The van der Waals surface area contributed by atoms with Gasteiger partial charge in [0.15, 0.2) is 0 Å². The first-order chi connectivity index (χ1) is 8.89. The molecule has 1 aromatic carbocycles. The Labute approximate surface area is 110 Å². The molecule has 0 aliphatic carbocycles. The molecule has 1 aromatic rings. The first-order valence-electron chi connectivity index (χ1n) is 5.88. The van der Waals surface area contributed by atoms with Crippen molar-refractivity contribution in [2.24, 2.45) is 0 Å². The summed E-state index contributed by atoms with van der Waals surface area (Å²) in [5, 5.41) is 11.9. The van der Waals surface area contributed by atoms with Crippen LogP contribution in [0, 0.1) is 5.82 Å². The highest BCUT2D eigenvalue weighted by molar-refractivity contribution is 7.91. The summed E-state index contributed by atoms with van der Waals surface area (Å²) in [6.07, 6.45) is 0.801. The van der Waals surface area contributed by atoms with Crippen LogP contribution in [0.3, 0.4) is 0 Å². The fourth-order valence-corrected chi connectivity index (χ4v) is 3.61. The largest absolute Gasteiger partial charge is 0.478 e. The maximum absolute atomic E-state index is 13.5. The predicted molar refractivity (Wildman–Crippen MR) is 68.7 cm³/mol. The lowest BCUT2D eigenvalue weighted by atomic mass is 10.1. The lowest BCUT2D eigenvalue weighted by molar-refractivity contribution is 0.0693. The summed E-state index contributed by atoms with van der Waals surface area (Å²) in [6.45, 7) is 0. The second-order valence-corrected chi connectivity index (χ2v) is 6.84. The minimum Gasteiger partial charge on any atom is -0.478 e. The standard InChI is InChI=1S/C12H14FNO4S/c13-9-2-1-3-10(11(9)12(15)16)14-8-4-6-19(17,18)7-5-8/h1-3,8,14H,4-7H2,(H,15,16). The molecule has 0 unspecified atom stereocenters. The summed E-state index contributed by atoms with van der Waals surface area (Å²) in [5.74, 6) is -2.00. The van der Waals surface area contributed by atoms with Gasteiger partial charge in [0.1, 0.15) is 21.2 Å². The molecule has 2 rings (SSSR count). The third-order valence-corrected chi connectivity index (χ3v) is 4.86. The van der Waals surface area contributed by atoms with Gasteiger partial charge in [-0.1, -0.05) is 6.07 Å². The summed E-state index contributed by atoms with van der Waals surface area (Å²) < 4.78 is 36.1. The summed E-state index contributed by atoms with van der Waals surface area (Å²) in [5.41, 5.74) is -0.215. The fraction of sp³-hybridized carbons (Fsp3) is 0.417. The molecule has 0 atom stereocenters. The van der Waals surface area contributed by atoms with E-state index in [-0.39, 0.29) is 23.2 Å². The van der Waals surface area contributed by atoms with Crippen molar-refractivity contribution >= 4 is 21.5 Å². The Morgan fingerprint density at radius 3 is 2.53 bits per heavy atom. The first-order valence-corrected chi connectivity index (χ1v) is 7.70. The van der Waals surface area contributed by atoms with Gasteiger partial charge in [0.05, 0.1) is 17.2 Å². The van der Waals surface area contributed by atoms with E-state index in [0.717, 1.165) is 6.07 Å². The Morgan fingerprint density at radius 2 is 1.95 bits per heavy atom. The number of halogens is 1. The van der Waals surface area contributed by atoms with Gasteiger partial charge in [-0.25, -0.2) is 17.6 Å². The number of hydrogen-bond acceptors (Lipinski definition) is 4. The zero-order valence-electron chi connectivity index (χ0n) is 10.1. The van der Waals surface area contributed by atoms with Crippen LogP contribution in [0.4, 0.5) is 10.1 Å². The number of anilines is 1. The van der Waals surface area contributed by atoms with Crippen LogP contribution in [0.15, 0.2) is 18.2 Å². The third-order valence-electron chi connectivity index (χ3n) is 3.14. The summed E-state index contributed by atoms with van der Waals surface area (Å²) >= 11 is 0. The molecule has 0 saturated carbocycles. The molecule has 0 spiro atoms. The monoisotopic (exact) mass is 287 g/mol. The zero-order valence-corrected chi connectivity index (χ0v) is 10.9. The van der Waals surface area contributed by atoms with Gasteiger partial charge in [0.2, 0.25) is 0 Å². The molecular weight excluding hydrogens is 273 g/mol. The highest BCUT2D eigenvalue weighted by atomic mass is 32.2. The summed E-state index contributed by atoms with van der Waals surface area (Å²) in [7, 11) is -2.97. The number of rotatable bonds is 3. The van der Waals surface area contributed by atoms with Crippen LogP contribution < -0.4 is 5.32 Å². The quantitative estimate of drug-likeness (QED) is 0.880. The maximum Gasteiger partial charge on any atom is 0.340 e. The van der Waals surface area contributed by atoms with Crippen molar-refractivity contribution in [3.63, 3.8) is 0 Å². The topological polar surface area (TPSA) is 83.5 Å². The molecule has 2 N–H and O–H groups in total. The third kappa shape index (κ3) is 3.23. The summed E-state index contributed by atoms with van der Waals surface area (Å²) in [4.78, 5) is 11.0. The van der Waals surface area contributed by atoms with Crippen LogP contribution in [0.1, 0.15) is 23.2 Å². The van der Waals surface area contributed by atoms with Gasteiger partial charge in [-0.15, -0.1) is 0 Å². The number of nitrogens with one attached hydrogen (secondary N) is 1. The molecule has 1 saturated heterocycles. The van der Waals surface area contributed by atoms with E-state index in [0.29, 0.717) is 12.8 Å². The van der Waals surface area contributed by atoms with Crippen molar-refractivity contribution in [1.29, 1.82) is 0 Å². The molecule has 104 valence electrons. The van der Waals surface area contributed by atoms with Gasteiger partial charge in [-0.05, 0) is 25.0 Å². The zero-order chi connectivity index (χ0) is 14.0. The fourth-order valence-electron chi connectivity index (χ4n) is 2.12. The van der Waals surface area contributed by atoms with Crippen LogP contribution in [0.5, 0.6) is 0 Å².